The lowest BCUT2D eigenvalue weighted by molar-refractivity contribution is -0.384. The summed E-state index contributed by atoms with van der Waals surface area (Å²) in [5, 5.41) is 16.0. The van der Waals surface area contributed by atoms with Crippen LogP contribution in [-0.4, -0.2) is 34.3 Å². The number of rotatable bonds is 7. The van der Waals surface area contributed by atoms with Crippen LogP contribution in [0.5, 0.6) is 5.75 Å². The van der Waals surface area contributed by atoms with Crippen LogP contribution in [-0.2, 0) is 16.1 Å². The zero-order chi connectivity index (χ0) is 20.1. The van der Waals surface area contributed by atoms with Gasteiger partial charge in [0.1, 0.15) is 22.4 Å². The Labute approximate surface area is 163 Å². The van der Waals surface area contributed by atoms with E-state index >= 15 is 0 Å². The van der Waals surface area contributed by atoms with Crippen molar-refractivity contribution >= 4 is 40.1 Å². The Morgan fingerprint density at radius 3 is 2.96 bits per heavy atom. The molecule has 1 aromatic carbocycles. The second-order valence-electron chi connectivity index (χ2n) is 5.69. The minimum atomic E-state index is -0.673. The lowest BCUT2D eigenvalue weighted by Gasteiger charge is -2.09. The van der Waals surface area contributed by atoms with Crippen molar-refractivity contribution in [3.8, 4) is 5.75 Å². The van der Waals surface area contributed by atoms with Crippen LogP contribution in [0.15, 0.2) is 46.0 Å². The molecule has 1 atom stereocenters. The van der Waals surface area contributed by atoms with Gasteiger partial charge in [0, 0.05) is 6.42 Å². The highest BCUT2D eigenvalue weighted by Gasteiger charge is 2.32. The summed E-state index contributed by atoms with van der Waals surface area (Å²) in [6.07, 6.45) is 1.38. The van der Waals surface area contributed by atoms with Crippen LogP contribution < -0.4 is 15.4 Å². The second-order valence-corrected chi connectivity index (χ2v) is 6.88. The molecule has 0 bridgehead atoms. The van der Waals surface area contributed by atoms with Crippen molar-refractivity contribution in [1.82, 2.24) is 5.32 Å². The van der Waals surface area contributed by atoms with Crippen molar-refractivity contribution in [3.63, 3.8) is 0 Å². The van der Waals surface area contributed by atoms with E-state index in [1.807, 2.05) is 0 Å². The highest BCUT2D eigenvalue weighted by Crippen LogP contribution is 2.30. The molecular weight excluding hydrogens is 388 g/mol. The minimum absolute atomic E-state index is 0.0333. The standard InChI is InChI=1S/C17H16N4O6S/c1-26-10-4-5-12(13(7-10)21(24)25)19-15(22)8-14-16(23)20-17(28-14)18-9-11-3-2-6-27-11/h2-7,14H,8-9H2,1H3,(H,19,22)(H,18,20,23). The zero-order valence-corrected chi connectivity index (χ0v) is 15.5. The summed E-state index contributed by atoms with van der Waals surface area (Å²) in [6.45, 7) is 0.270. The van der Waals surface area contributed by atoms with Crippen LogP contribution in [0.25, 0.3) is 0 Å². The number of amides is 2. The van der Waals surface area contributed by atoms with Gasteiger partial charge in [-0.15, -0.1) is 0 Å². The molecule has 2 amide bonds. The predicted octanol–water partition coefficient (Wildman–Crippen LogP) is 2.31. The van der Waals surface area contributed by atoms with Gasteiger partial charge in [-0.3, -0.25) is 24.7 Å². The number of carbonyl (C=O) groups excluding carboxylic acids is 2. The fraction of sp³-hybridized carbons (Fsp3) is 0.235. The Morgan fingerprint density at radius 1 is 1.46 bits per heavy atom. The molecule has 0 spiro atoms. The van der Waals surface area contributed by atoms with Crippen LogP contribution in [0.4, 0.5) is 11.4 Å². The first-order valence-corrected chi connectivity index (χ1v) is 9.01. The van der Waals surface area contributed by atoms with Crippen molar-refractivity contribution in [2.45, 2.75) is 18.2 Å². The average molecular weight is 404 g/mol. The lowest BCUT2D eigenvalue weighted by Crippen LogP contribution is -2.28. The van der Waals surface area contributed by atoms with Gasteiger partial charge in [-0.05, 0) is 24.3 Å². The molecule has 28 heavy (non-hydrogen) atoms. The van der Waals surface area contributed by atoms with Crippen molar-refractivity contribution < 1.29 is 23.7 Å². The van der Waals surface area contributed by atoms with Crippen LogP contribution in [0.2, 0.25) is 0 Å². The van der Waals surface area contributed by atoms with Gasteiger partial charge in [-0.25, -0.2) is 0 Å². The number of nitro benzene ring substituents is 1. The first kappa shape index (κ1) is 19.4. The molecule has 146 valence electrons. The summed E-state index contributed by atoms with van der Waals surface area (Å²) in [5.74, 6) is 0.0824. The number of amidine groups is 1. The molecule has 0 radical (unpaired) electrons. The number of ether oxygens (including phenoxy) is 1. The van der Waals surface area contributed by atoms with E-state index in [4.69, 9.17) is 9.15 Å². The minimum Gasteiger partial charge on any atom is -0.496 e. The smallest absolute Gasteiger partial charge is 0.296 e. The van der Waals surface area contributed by atoms with Crippen molar-refractivity contribution in [2.75, 3.05) is 12.4 Å². The SMILES string of the molecule is COc1ccc(NC(=O)CC2SC(=NCc3ccco3)NC2=O)c([N+](=O)[O-])c1. The van der Waals surface area contributed by atoms with E-state index in [1.54, 1.807) is 12.1 Å². The summed E-state index contributed by atoms with van der Waals surface area (Å²) >= 11 is 1.13. The van der Waals surface area contributed by atoms with Gasteiger partial charge < -0.3 is 19.8 Å². The van der Waals surface area contributed by atoms with Crippen molar-refractivity contribution in [1.29, 1.82) is 0 Å². The van der Waals surface area contributed by atoms with Gasteiger partial charge in [0.15, 0.2) is 5.17 Å². The van der Waals surface area contributed by atoms with Gasteiger partial charge in [0.05, 0.1) is 30.9 Å². The maximum absolute atomic E-state index is 12.3. The number of nitrogens with zero attached hydrogens (tertiary/aromatic N) is 2. The monoisotopic (exact) mass is 404 g/mol. The number of nitro groups is 1. The molecule has 3 rings (SSSR count). The lowest BCUT2D eigenvalue weighted by atomic mass is 10.2. The number of benzene rings is 1. The molecule has 2 aromatic rings. The van der Waals surface area contributed by atoms with Crippen molar-refractivity contribution in [2.24, 2.45) is 4.99 Å². The van der Waals surface area contributed by atoms with Gasteiger partial charge in [-0.1, -0.05) is 11.8 Å². The molecule has 1 fully saturated rings. The Bertz CT molecular complexity index is 928. The largest absolute Gasteiger partial charge is 0.496 e. The number of hydrogen-bond acceptors (Lipinski definition) is 8. The number of carbonyl (C=O) groups is 2. The first-order valence-electron chi connectivity index (χ1n) is 8.13. The summed E-state index contributed by atoms with van der Waals surface area (Å²) in [4.78, 5) is 39.1. The Hall–Kier alpha value is -3.34. The third-order valence-electron chi connectivity index (χ3n) is 3.78. The van der Waals surface area contributed by atoms with Crippen LogP contribution in [0.1, 0.15) is 12.2 Å². The first-order chi connectivity index (χ1) is 13.5. The Morgan fingerprint density at radius 2 is 2.29 bits per heavy atom. The Balaban J connectivity index is 1.61. The highest BCUT2D eigenvalue weighted by atomic mass is 32.2. The zero-order valence-electron chi connectivity index (χ0n) is 14.7. The normalized spacial score (nSPS) is 17.4. The molecule has 1 aliphatic heterocycles. The molecule has 0 saturated carbocycles. The molecule has 1 unspecified atom stereocenters. The fourth-order valence-corrected chi connectivity index (χ4v) is 3.40. The van der Waals surface area contributed by atoms with Gasteiger partial charge in [-0.2, -0.15) is 0 Å². The van der Waals surface area contributed by atoms with E-state index in [0.717, 1.165) is 11.8 Å². The summed E-state index contributed by atoms with van der Waals surface area (Å²) in [5.41, 5.74) is -0.261. The fourth-order valence-electron chi connectivity index (χ4n) is 2.43. The van der Waals surface area contributed by atoms with Crippen LogP contribution in [0.3, 0.4) is 0 Å². The Kier molecular flexibility index (Phi) is 5.94. The number of hydrogen-bond donors (Lipinski definition) is 2. The van der Waals surface area contributed by atoms with E-state index < -0.39 is 16.1 Å². The quantitative estimate of drug-likeness (QED) is 0.534. The van der Waals surface area contributed by atoms with E-state index in [9.17, 15) is 19.7 Å². The molecule has 0 aliphatic carbocycles. The maximum atomic E-state index is 12.3. The van der Waals surface area contributed by atoms with Crippen molar-refractivity contribution in [3.05, 3.63) is 52.5 Å². The predicted molar refractivity (Wildman–Crippen MR) is 102 cm³/mol. The maximum Gasteiger partial charge on any atom is 0.296 e. The molecule has 2 heterocycles. The summed E-state index contributed by atoms with van der Waals surface area (Å²) in [7, 11) is 1.39. The number of methoxy groups -OCH3 is 1. The molecule has 11 heteroatoms. The van der Waals surface area contributed by atoms with Crippen LogP contribution >= 0.6 is 11.8 Å². The molecule has 1 saturated heterocycles. The molecular formula is C17H16N4O6S. The topological polar surface area (TPSA) is 136 Å². The second kappa shape index (κ2) is 8.57. The molecule has 1 aliphatic rings. The number of nitrogens with one attached hydrogen (secondary N) is 2. The van der Waals surface area contributed by atoms with Crippen LogP contribution in [0, 0.1) is 10.1 Å². The average Bonchev–Trinajstić information content (AvgIpc) is 3.30. The third kappa shape index (κ3) is 4.68. The van der Waals surface area contributed by atoms with Gasteiger partial charge in [0.25, 0.3) is 5.69 Å². The van der Waals surface area contributed by atoms with Gasteiger partial charge in [0.2, 0.25) is 11.8 Å². The van der Waals surface area contributed by atoms with E-state index in [2.05, 4.69) is 15.6 Å². The van der Waals surface area contributed by atoms with E-state index in [1.165, 1.54) is 31.6 Å². The highest BCUT2D eigenvalue weighted by molar-refractivity contribution is 8.15. The molecule has 2 N–H and O–H groups in total. The molecule has 10 nitrogen and oxygen atoms in total. The summed E-state index contributed by atoms with van der Waals surface area (Å²) < 4.78 is 10.1. The van der Waals surface area contributed by atoms with E-state index in [0.29, 0.717) is 16.7 Å². The van der Waals surface area contributed by atoms with Gasteiger partial charge >= 0.3 is 0 Å². The number of anilines is 1. The number of thioether (sulfide) groups is 1. The third-order valence-corrected chi connectivity index (χ3v) is 4.90. The number of aliphatic imine (C=N–C) groups is 1. The van der Waals surface area contributed by atoms with E-state index in [-0.39, 0.29) is 30.2 Å². The molecule has 1 aromatic heterocycles. The summed E-state index contributed by atoms with van der Waals surface area (Å²) in [6, 6.07) is 7.59. The number of furan rings is 1.